The van der Waals surface area contributed by atoms with Crippen LogP contribution in [0, 0.1) is 0 Å². The first-order valence-electron chi connectivity index (χ1n) is 6.94. The fraction of sp³-hybridized carbons (Fsp3) is 0.158. The van der Waals surface area contributed by atoms with Gasteiger partial charge in [0.1, 0.15) is 5.75 Å². The Bertz CT molecular complexity index is 680. The molecule has 0 atom stereocenters. The van der Waals surface area contributed by atoms with Crippen LogP contribution in [0.1, 0.15) is 24.5 Å². The summed E-state index contributed by atoms with van der Waals surface area (Å²) < 4.78 is 5.78. The number of allylic oxidation sites excluding steroid dienone is 1. The van der Waals surface area contributed by atoms with Crippen molar-refractivity contribution in [2.75, 3.05) is 0 Å². The van der Waals surface area contributed by atoms with Crippen LogP contribution in [0.25, 0.3) is 17.2 Å². The molecule has 2 aromatic rings. The molecule has 1 heteroatoms. The minimum absolute atomic E-state index is 0.936. The summed E-state index contributed by atoms with van der Waals surface area (Å²) in [5.41, 5.74) is 6.20. The van der Waals surface area contributed by atoms with Crippen LogP contribution in [0.5, 0.6) is 5.75 Å². The second kappa shape index (κ2) is 5.38. The highest BCUT2D eigenvalue weighted by molar-refractivity contribution is 5.82. The number of fused-ring (bicyclic) bond motifs is 3. The summed E-state index contributed by atoms with van der Waals surface area (Å²) in [4.78, 5) is 0. The van der Waals surface area contributed by atoms with Gasteiger partial charge in [0.05, 0.1) is 6.26 Å². The Balaban J connectivity index is 2.14. The van der Waals surface area contributed by atoms with Crippen molar-refractivity contribution in [3.05, 3.63) is 72.0 Å². The van der Waals surface area contributed by atoms with E-state index in [1.54, 1.807) is 6.26 Å². The maximum absolute atomic E-state index is 5.78. The SMILES string of the molecule is C=C(C)CCc1cccc2c1-c1ccccc1C=CO2. The van der Waals surface area contributed by atoms with Crippen LogP contribution in [0.2, 0.25) is 0 Å². The second-order valence-electron chi connectivity index (χ2n) is 5.26. The molecule has 0 unspecified atom stereocenters. The summed E-state index contributed by atoms with van der Waals surface area (Å²) in [6, 6.07) is 14.7. The van der Waals surface area contributed by atoms with Crippen LogP contribution < -0.4 is 4.74 Å². The van der Waals surface area contributed by atoms with Crippen LogP contribution in [-0.2, 0) is 6.42 Å². The molecule has 0 saturated heterocycles. The highest BCUT2D eigenvalue weighted by atomic mass is 16.5. The first-order valence-corrected chi connectivity index (χ1v) is 6.94. The van der Waals surface area contributed by atoms with E-state index in [1.165, 1.54) is 27.8 Å². The van der Waals surface area contributed by atoms with E-state index < -0.39 is 0 Å². The van der Waals surface area contributed by atoms with Gasteiger partial charge in [-0.1, -0.05) is 42.0 Å². The molecule has 1 aliphatic rings. The van der Waals surface area contributed by atoms with E-state index in [0.29, 0.717) is 0 Å². The number of ether oxygens (including phenoxy) is 1. The van der Waals surface area contributed by atoms with E-state index in [4.69, 9.17) is 4.74 Å². The third-order valence-corrected chi connectivity index (χ3v) is 3.61. The van der Waals surface area contributed by atoms with Gasteiger partial charge in [-0.3, -0.25) is 0 Å². The molecule has 0 fully saturated rings. The van der Waals surface area contributed by atoms with Crippen molar-refractivity contribution < 1.29 is 4.74 Å². The lowest BCUT2D eigenvalue weighted by molar-refractivity contribution is 0.487. The predicted octanol–water partition coefficient (Wildman–Crippen LogP) is 5.23. The number of benzene rings is 2. The zero-order valence-electron chi connectivity index (χ0n) is 11.7. The highest BCUT2D eigenvalue weighted by Crippen LogP contribution is 2.38. The molecule has 20 heavy (non-hydrogen) atoms. The third kappa shape index (κ3) is 2.39. The van der Waals surface area contributed by atoms with Crippen molar-refractivity contribution >= 4 is 6.08 Å². The zero-order chi connectivity index (χ0) is 13.9. The van der Waals surface area contributed by atoms with Gasteiger partial charge >= 0.3 is 0 Å². The van der Waals surface area contributed by atoms with Gasteiger partial charge in [-0.2, -0.15) is 0 Å². The largest absolute Gasteiger partial charge is 0.464 e. The summed E-state index contributed by atoms with van der Waals surface area (Å²) in [5.74, 6) is 0.936. The van der Waals surface area contributed by atoms with Gasteiger partial charge in [-0.25, -0.2) is 0 Å². The van der Waals surface area contributed by atoms with Gasteiger partial charge in [0, 0.05) is 5.56 Å². The van der Waals surface area contributed by atoms with Crippen molar-refractivity contribution in [3.8, 4) is 16.9 Å². The van der Waals surface area contributed by atoms with Crippen molar-refractivity contribution in [2.45, 2.75) is 19.8 Å². The van der Waals surface area contributed by atoms with Crippen LogP contribution in [-0.4, -0.2) is 0 Å². The van der Waals surface area contributed by atoms with Crippen molar-refractivity contribution in [3.63, 3.8) is 0 Å². The van der Waals surface area contributed by atoms with Crippen molar-refractivity contribution in [1.82, 2.24) is 0 Å². The lowest BCUT2D eigenvalue weighted by atomic mass is 9.92. The summed E-state index contributed by atoms with van der Waals surface area (Å²) in [6.07, 6.45) is 5.80. The lowest BCUT2D eigenvalue weighted by Gasteiger charge is -2.14. The van der Waals surface area contributed by atoms with Crippen LogP contribution in [0.15, 0.2) is 60.9 Å². The monoisotopic (exact) mass is 262 g/mol. The normalized spacial score (nSPS) is 12.1. The maximum Gasteiger partial charge on any atom is 0.134 e. The third-order valence-electron chi connectivity index (χ3n) is 3.61. The minimum atomic E-state index is 0.936. The Hall–Kier alpha value is -2.28. The average molecular weight is 262 g/mol. The number of hydrogen-bond donors (Lipinski definition) is 0. The molecule has 2 aromatic carbocycles. The lowest BCUT2D eigenvalue weighted by Crippen LogP contribution is -1.94. The zero-order valence-corrected chi connectivity index (χ0v) is 11.7. The standard InChI is InChI=1S/C19H18O/c1-14(2)10-11-16-7-5-9-18-19(16)17-8-4-3-6-15(17)12-13-20-18/h3-9,12-13H,1,10-11H2,2H3. The molecule has 0 radical (unpaired) electrons. The molecule has 0 amide bonds. The Labute approximate surface area is 120 Å². The van der Waals surface area contributed by atoms with Gasteiger partial charge in [-0.15, -0.1) is 6.58 Å². The fourth-order valence-electron chi connectivity index (χ4n) is 2.59. The predicted molar refractivity (Wildman–Crippen MR) is 84.7 cm³/mol. The van der Waals surface area contributed by atoms with Gasteiger partial charge in [0.2, 0.25) is 0 Å². The molecule has 1 heterocycles. The topological polar surface area (TPSA) is 9.23 Å². The van der Waals surface area contributed by atoms with E-state index in [9.17, 15) is 0 Å². The summed E-state index contributed by atoms with van der Waals surface area (Å²) >= 11 is 0. The quantitative estimate of drug-likeness (QED) is 0.688. The van der Waals surface area contributed by atoms with E-state index >= 15 is 0 Å². The van der Waals surface area contributed by atoms with Gasteiger partial charge < -0.3 is 4.74 Å². The minimum Gasteiger partial charge on any atom is -0.464 e. The van der Waals surface area contributed by atoms with Crippen LogP contribution >= 0.6 is 0 Å². The van der Waals surface area contributed by atoms with Gasteiger partial charge in [0.25, 0.3) is 0 Å². The molecule has 0 aromatic heterocycles. The molecule has 0 aliphatic carbocycles. The Morgan fingerprint density at radius 3 is 2.80 bits per heavy atom. The fourth-order valence-corrected chi connectivity index (χ4v) is 2.59. The Morgan fingerprint density at radius 2 is 1.95 bits per heavy atom. The van der Waals surface area contributed by atoms with Crippen LogP contribution in [0.4, 0.5) is 0 Å². The van der Waals surface area contributed by atoms with Gasteiger partial charge in [0.15, 0.2) is 0 Å². The van der Waals surface area contributed by atoms with E-state index in [1.807, 2.05) is 12.1 Å². The summed E-state index contributed by atoms with van der Waals surface area (Å²) in [5, 5.41) is 0. The summed E-state index contributed by atoms with van der Waals surface area (Å²) in [6.45, 7) is 6.08. The van der Waals surface area contributed by atoms with E-state index in [-0.39, 0.29) is 0 Å². The first-order chi connectivity index (χ1) is 9.75. The molecule has 0 spiro atoms. The van der Waals surface area contributed by atoms with E-state index in [2.05, 4.69) is 49.9 Å². The van der Waals surface area contributed by atoms with Crippen molar-refractivity contribution in [1.29, 1.82) is 0 Å². The molecule has 0 bridgehead atoms. The number of rotatable bonds is 3. The molecule has 0 saturated carbocycles. The second-order valence-corrected chi connectivity index (χ2v) is 5.26. The maximum atomic E-state index is 5.78. The van der Waals surface area contributed by atoms with Gasteiger partial charge in [-0.05, 0) is 48.6 Å². The number of hydrogen-bond acceptors (Lipinski definition) is 1. The molecule has 100 valence electrons. The molecular weight excluding hydrogens is 244 g/mol. The first kappa shape index (κ1) is 12.7. The van der Waals surface area contributed by atoms with Crippen molar-refractivity contribution in [2.24, 2.45) is 0 Å². The Kier molecular flexibility index (Phi) is 3.42. The molecule has 3 rings (SSSR count). The molecule has 1 nitrogen and oxygen atoms in total. The Morgan fingerprint density at radius 1 is 1.10 bits per heavy atom. The number of aryl methyl sites for hydroxylation is 1. The van der Waals surface area contributed by atoms with Crippen LogP contribution in [0.3, 0.4) is 0 Å². The highest BCUT2D eigenvalue weighted by Gasteiger charge is 2.15. The molecule has 0 N–H and O–H groups in total. The molecular formula is C19H18O. The van der Waals surface area contributed by atoms with E-state index in [0.717, 1.165) is 18.6 Å². The molecule has 1 aliphatic heterocycles. The average Bonchev–Trinajstić information content (AvgIpc) is 2.64. The smallest absolute Gasteiger partial charge is 0.134 e. The summed E-state index contributed by atoms with van der Waals surface area (Å²) in [7, 11) is 0.